The predicted octanol–water partition coefficient (Wildman–Crippen LogP) is 3.38. The third-order valence-corrected chi connectivity index (χ3v) is 5.17. The van der Waals surface area contributed by atoms with Crippen molar-refractivity contribution in [3.63, 3.8) is 0 Å². The first kappa shape index (κ1) is 19.8. The highest BCUT2D eigenvalue weighted by molar-refractivity contribution is 7.09. The number of nitrogen functional groups attached to an aromatic ring is 1. The average molecular weight is 419 g/mol. The Hall–Kier alpha value is -2.97. The van der Waals surface area contributed by atoms with Gasteiger partial charge < -0.3 is 16.4 Å². The molecule has 144 valence electrons. The first-order valence-electron chi connectivity index (χ1n) is 8.25. The van der Waals surface area contributed by atoms with Gasteiger partial charge in [0.25, 0.3) is 11.8 Å². The molecule has 0 aliphatic heterocycles. The summed E-state index contributed by atoms with van der Waals surface area (Å²) in [5.74, 6) is -1.45. The number of nitrogens with zero attached hydrogens (tertiary/aromatic N) is 1. The van der Waals surface area contributed by atoms with Gasteiger partial charge in [0.2, 0.25) is 0 Å². The van der Waals surface area contributed by atoms with Crippen molar-refractivity contribution in [2.24, 2.45) is 0 Å². The van der Waals surface area contributed by atoms with Crippen LogP contribution in [0, 0.1) is 5.82 Å². The number of aromatic nitrogens is 1. The van der Waals surface area contributed by atoms with Crippen LogP contribution in [0.5, 0.6) is 0 Å². The quantitative estimate of drug-likeness (QED) is 0.571. The van der Waals surface area contributed by atoms with Crippen molar-refractivity contribution in [2.45, 2.75) is 13.1 Å². The van der Waals surface area contributed by atoms with Gasteiger partial charge in [-0.2, -0.15) is 4.37 Å². The van der Waals surface area contributed by atoms with Crippen molar-refractivity contribution in [1.29, 1.82) is 0 Å². The maximum atomic E-state index is 13.6. The topological polar surface area (TPSA) is 97.1 Å². The summed E-state index contributed by atoms with van der Waals surface area (Å²) in [6.07, 6.45) is 0. The van der Waals surface area contributed by atoms with Gasteiger partial charge in [0, 0.05) is 23.7 Å². The number of hydrogen-bond donors (Lipinski definition) is 3. The number of rotatable bonds is 6. The van der Waals surface area contributed by atoms with E-state index < -0.39 is 17.6 Å². The van der Waals surface area contributed by atoms with E-state index in [1.54, 1.807) is 36.4 Å². The van der Waals surface area contributed by atoms with E-state index >= 15 is 0 Å². The van der Waals surface area contributed by atoms with Gasteiger partial charge in [0.1, 0.15) is 10.7 Å². The highest BCUT2D eigenvalue weighted by Crippen LogP contribution is 2.22. The van der Waals surface area contributed by atoms with E-state index in [9.17, 15) is 14.0 Å². The van der Waals surface area contributed by atoms with Gasteiger partial charge in [-0.25, -0.2) is 4.39 Å². The van der Waals surface area contributed by atoms with Gasteiger partial charge in [-0.05, 0) is 29.2 Å². The molecule has 0 spiro atoms. The van der Waals surface area contributed by atoms with Gasteiger partial charge in [-0.15, -0.1) is 0 Å². The summed E-state index contributed by atoms with van der Waals surface area (Å²) in [5, 5.41) is 5.78. The summed E-state index contributed by atoms with van der Waals surface area (Å²) in [7, 11) is 0. The summed E-state index contributed by atoms with van der Waals surface area (Å²) in [4.78, 5) is 24.8. The van der Waals surface area contributed by atoms with E-state index in [0.717, 1.165) is 17.1 Å². The van der Waals surface area contributed by atoms with E-state index in [2.05, 4.69) is 15.0 Å². The molecule has 28 heavy (non-hydrogen) atoms. The highest BCUT2D eigenvalue weighted by atomic mass is 35.5. The molecule has 0 radical (unpaired) electrons. The molecule has 4 N–H and O–H groups in total. The fourth-order valence-corrected chi connectivity index (χ4v) is 3.34. The molecular weight excluding hydrogens is 403 g/mol. The standard InChI is InChI=1S/C19H16ClFN4O2S/c20-13-7-3-1-5-11(13)9-23-18(26)16-15(22)17(28-25-16)19(27)24-10-12-6-2-4-8-14(12)21/h1-8H,9-10,22H2,(H,23,26)(H,24,27). The Labute approximate surface area is 169 Å². The molecule has 9 heteroatoms. The lowest BCUT2D eigenvalue weighted by Gasteiger charge is -2.07. The molecule has 2 aromatic carbocycles. The van der Waals surface area contributed by atoms with Crippen molar-refractivity contribution in [2.75, 3.05) is 5.73 Å². The zero-order valence-electron chi connectivity index (χ0n) is 14.5. The van der Waals surface area contributed by atoms with Gasteiger partial charge in [-0.3, -0.25) is 9.59 Å². The molecule has 0 unspecified atom stereocenters. The van der Waals surface area contributed by atoms with E-state index in [0.29, 0.717) is 10.6 Å². The van der Waals surface area contributed by atoms with Crippen LogP contribution in [0.2, 0.25) is 5.02 Å². The van der Waals surface area contributed by atoms with E-state index in [1.807, 2.05) is 6.07 Å². The Kier molecular flexibility index (Phi) is 6.23. The van der Waals surface area contributed by atoms with Crippen molar-refractivity contribution in [3.05, 3.63) is 81.1 Å². The fourth-order valence-electron chi connectivity index (χ4n) is 2.42. The third kappa shape index (κ3) is 4.47. The van der Waals surface area contributed by atoms with Crippen LogP contribution in [-0.2, 0) is 13.1 Å². The summed E-state index contributed by atoms with van der Waals surface area (Å²) < 4.78 is 17.6. The predicted molar refractivity (Wildman–Crippen MR) is 107 cm³/mol. The number of carbonyl (C=O) groups is 2. The van der Waals surface area contributed by atoms with E-state index in [-0.39, 0.29) is 29.3 Å². The zero-order chi connectivity index (χ0) is 20.1. The van der Waals surface area contributed by atoms with Crippen LogP contribution in [0.1, 0.15) is 31.3 Å². The molecule has 0 bridgehead atoms. The number of anilines is 1. The molecule has 0 aliphatic rings. The average Bonchev–Trinajstić information content (AvgIpc) is 3.08. The molecule has 1 heterocycles. The number of amides is 2. The van der Waals surface area contributed by atoms with Crippen LogP contribution < -0.4 is 16.4 Å². The first-order valence-corrected chi connectivity index (χ1v) is 9.41. The lowest BCUT2D eigenvalue weighted by molar-refractivity contribution is 0.0946. The lowest BCUT2D eigenvalue weighted by Crippen LogP contribution is -2.25. The molecule has 0 saturated heterocycles. The second kappa shape index (κ2) is 8.81. The lowest BCUT2D eigenvalue weighted by atomic mass is 10.2. The van der Waals surface area contributed by atoms with Crippen molar-refractivity contribution >= 4 is 40.6 Å². The minimum Gasteiger partial charge on any atom is -0.395 e. The highest BCUT2D eigenvalue weighted by Gasteiger charge is 2.22. The Morgan fingerprint density at radius 2 is 1.61 bits per heavy atom. The van der Waals surface area contributed by atoms with Gasteiger partial charge in [-0.1, -0.05) is 48.0 Å². The Bertz CT molecular complexity index is 946. The number of benzene rings is 2. The summed E-state index contributed by atoms with van der Waals surface area (Å²) in [5.41, 5.74) is 6.96. The Morgan fingerprint density at radius 1 is 1.00 bits per heavy atom. The monoisotopic (exact) mass is 418 g/mol. The van der Waals surface area contributed by atoms with E-state index in [4.69, 9.17) is 17.3 Å². The summed E-state index contributed by atoms with van der Waals surface area (Å²) >= 11 is 6.87. The molecule has 0 fully saturated rings. The van der Waals surface area contributed by atoms with Crippen molar-refractivity contribution in [1.82, 2.24) is 15.0 Å². The maximum absolute atomic E-state index is 13.6. The van der Waals surface area contributed by atoms with Crippen LogP contribution in [0.3, 0.4) is 0 Å². The zero-order valence-corrected chi connectivity index (χ0v) is 16.1. The SMILES string of the molecule is Nc1c(C(=O)NCc2ccccc2Cl)nsc1C(=O)NCc1ccccc1F. The molecule has 3 rings (SSSR count). The molecule has 1 aromatic heterocycles. The second-order valence-corrected chi connectivity index (χ2v) is 7.00. The third-order valence-electron chi connectivity index (χ3n) is 3.94. The molecule has 0 saturated carbocycles. The van der Waals surface area contributed by atoms with Gasteiger partial charge in [0.05, 0.1) is 5.69 Å². The number of carbonyl (C=O) groups excluding carboxylic acids is 2. The molecule has 0 aliphatic carbocycles. The second-order valence-electron chi connectivity index (χ2n) is 5.82. The molecule has 0 atom stereocenters. The van der Waals surface area contributed by atoms with Crippen LogP contribution >= 0.6 is 23.1 Å². The summed E-state index contributed by atoms with van der Waals surface area (Å²) in [6, 6.07) is 13.2. The number of hydrogen-bond acceptors (Lipinski definition) is 5. The van der Waals surface area contributed by atoms with Gasteiger partial charge >= 0.3 is 0 Å². The Morgan fingerprint density at radius 3 is 2.32 bits per heavy atom. The fraction of sp³-hybridized carbons (Fsp3) is 0.105. The van der Waals surface area contributed by atoms with Gasteiger partial charge in [0.15, 0.2) is 5.69 Å². The van der Waals surface area contributed by atoms with Crippen LogP contribution in [0.25, 0.3) is 0 Å². The normalized spacial score (nSPS) is 10.5. The minimum absolute atomic E-state index is 0.00309. The van der Waals surface area contributed by atoms with Crippen LogP contribution in [-0.4, -0.2) is 16.2 Å². The molecular formula is C19H16ClFN4O2S. The largest absolute Gasteiger partial charge is 0.395 e. The summed E-state index contributed by atoms with van der Waals surface area (Å²) in [6.45, 7) is 0.196. The minimum atomic E-state index is -0.525. The molecule has 2 amide bonds. The van der Waals surface area contributed by atoms with Crippen LogP contribution in [0.15, 0.2) is 48.5 Å². The van der Waals surface area contributed by atoms with Crippen LogP contribution in [0.4, 0.5) is 10.1 Å². The number of nitrogens with two attached hydrogens (primary N) is 1. The van der Waals surface area contributed by atoms with Crippen molar-refractivity contribution in [3.8, 4) is 0 Å². The maximum Gasteiger partial charge on any atom is 0.273 e. The number of nitrogens with one attached hydrogen (secondary N) is 2. The number of halogens is 2. The Balaban J connectivity index is 1.64. The van der Waals surface area contributed by atoms with Crippen molar-refractivity contribution < 1.29 is 14.0 Å². The molecule has 6 nitrogen and oxygen atoms in total. The van der Waals surface area contributed by atoms with E-state index in [1.165, 1.54) is 6.07 Å². The molecule has 3 aromatic rings. The first-order chi connectivity index (χ1) is 13.5. The smallest absolute Gasteiger partial charge is 0.273 e.